The number of hydrogen-bond donors (Lipinski definition) is 0. The SMILES string of the molecule is C.c1ccc(-c2nc(-c3ccc(-c4ccc5c(c4)-c4cccc6cccc(c46)O5)cc3)nc(-c3ccc4c(c3)sc3ccccc34)n2)cc1.c1ccc(-c2nc(-c3ccc(-c4ccc5c(c4)-c4cccc6cccc(c46)O5)cc3)nc(-c3ccc4sc5ccccc5c4c3)n2)cc1.c1ccc(-c2nc(-c3ccc(-c4ccc5c(c4)-c4cccc6cccc(c46)O5)cc3)nc(-c3cccc4sc5ccccc5c34)n2)cc1. The van der Waals surface area contributed by atoms with Gasteiger partial charge in [0.2, 0.25) is 0 Å². The highest BCUT2D eigenvalue weighted by Crippen LogP contribution is 2.53. The van der Waals surface area contributed by atoms with E-state index < -0.39 is 0 Å². The fourth-order valence-electron chi connectivity index (χ4n) is 20.4. The summed E-state index contributed by atoms with van der Waals surface area (Å²) in [7, 11) is 0. The molecule has 21 aromatic carbocycles. The molecule has 0 amide bonds. The minimum atomic E-state index is 0. The quantitative estimate of drug-likeness (QED) is 0.115. The Bertz CT molecular complexity index is 9860. The van der Waals surface area contributed by atoms with Gasteiger partial charge in [-0.15, -0.1) is 34.0 Å². The molecule has 0 unspecified atom stereocenters. The molecule has 0 N–H and O–H groups in total. The molecular weight excluding hydrogens is 1830 g/mol. The Morgan fingerprint density at radius 3 is 0.821 bits per heavy atom. The molecule has 3 aliphatic heterocycles. The van der Waals surface area contributed by atoms with Crippen LogP contribution in [-0.2, 0) is 0 Å². The van der Waals surface area contributed by atoms with E-state index in [0.717, 1.165) is 151 Å². The van der Waals surface area contributed by atoms with Crippen LogP contribution in [0.4, 0.5) is 0 Å². The third-order valence-corrected chi connectivity index (χ3v) is 30.8. The number of rotatable bonds is 12. The maximum absolute atomic E-state index is 6.34. The van der Waals surface area contributed by atoms with Crippen molar-refractivity contribution in [1.82, 2.24) is 44.9 Å². The maximum atomic E-state index is 6.34. The minimum Gasteiger partial charge on any atom is -0.456 e. The van der Waals surface area contributed by atoms with Crippen LogP contribution in [-0.4, -0.2) is 44.9 Å². The van der Waals surface area contributed by atoms with Crippen molar-refractivity contribution in [2.45, 2.75) is 7.43 Å². The molecule has 0 saturated carbocycles. The van der Waals surface area contributed by atoms with E-state index >= 15 is 0 Å². The fraction of sp³-hybridized carbons (Fsp3) is 0.00769. The van der Waals surface area contributed by atoms with E-state index in [-0.39, 0.29) is 7.43 Å². The average molecular weight is 1910 g/mol. The molecule has 680 valence electrons. The van der Waals surface area contributed by atoms with Gasteiger partial charge in [0.05, 0.1) is 0 Å². The third-order valence-electron chi connectivity index (χ3n) is 27.4. The molecule has 0 radical (unpaired) electrons. The van der Waals surface area contributed by atoms with Gasteiger partial charge >= 0.3 is 0 Å². The molecule has 30 rings (SSSR count). The van der Waals surface area contributed by atoms with Gasteiger partial charge in [0.1, 0.15) is 34.5 Å². The first-order valence-corrected chi connectivity index (χ1v) is 50.3. The second-order valence-corrected chi connectivity index (χ2v) is 39.3. The summed E-state index contributed by atoms with van der Waals surface area (Å²) in [6.45, 7) is 0. The number of nitrogens with zero attached hydrogens (tertiary/aromatic N) is 9. The van der Waals surface area contributed by atoms with E-state index in [4.69, 9.17) is 59.1 Å². The lowest BCUT2D eigenvalue weighted by Gasteiger charge is -2.22. The van der Waals surface area contributed by atoms with E-state index in [9.17, 15) is 0 Å². The van der Waals surface area contributed by atoms with Crippen LogP contribution in [0.15, 0.2) is 455 Å². The lowest BCUT2D eigenvalue weighted by atomic mass is 9.92. The van der Waals surface area contributed by atoms with Crippen molar-refractivity contribution in [2.24, 2.45) is 0 Å². The number of thiophene rings is 3. The summed E-state index contributed by atoms with van der Waals surface area (Å²) in [5.74, 6) is 11.2. The summed E-state index contributed by atoms with van der Waals surface area (Å²) in [6.07, 6.45) is 0. The molecule has 0 fully saturated rings. The highest BCUT2D eigenvalue weighted by molar-refractivity contribution is 7.26. The van der Waals surface area contributed by atoms with Crippen LogP contribution in [0.5, 0.6) is 34.5 Å². The largest absolute Gasteiger partial charge is 0.456 e. The van der Waals surface area contributed by atoms with Gasteiger partial charge < -0.3 is 14.2 Å². The van der Waals surface area contributed by atoms with Crippen LogP contribution in [0, 0.1) is 0 Å². The monoisotopic (exact) mass is 1910 g/mol. The van der Waals surface area contributed by atoms with E-state index in [1.807, 2.05) is 139 Å². The van der Waals surface area contributed by atoms with Crippen molar-refractivity contribution in [2.75, 3.05) is 0 Å². The van der Waals surface area contributed by atoms with Gasteiger partial charge in [-0.05, 0) is 169 Å². The number of aromatic nitrogens is 9. The van der Waals surface area contributed by atoms with Crippen LogP contribution in [0.25, 0.3) is 262 Å². The fourth-order valence-corrected chi connectivity index (χ4v) is 23.8. The lowest BCUT2D eigenvalue weighted by Crippen LogP contribution is -2.00. The highest BCUT2D eigenvalue weighted by atomic mass is 32.1. The highest BCUT2D eigenvalue weighted by Gasteiger charge is 2.28. The number of benzene rings is 21. The van der Waals surface area contributed by atoms with Crippen LogP contribution in [0.1, 0.15) is 7.43 Å². The van der Waals surface area contributed by atoms with Crippen molar-refractivity contribution in [3.05, 3.63) is 455 Å². The second-order valence-electron chi connectivity index (χ2n) is 36.1. The van der Waals surface area contributed by atoms with Crippen molar-refractivity contribution < 1.29 is 14.2 Å². The first-order chi connectivity index (χ1) is 71.3. The Morgan fingerprint density at radius 2 is 0.407 bits per heavy atom. The number of hydrogen-bond acceptors (Lipinski definition) is 15. The van der Waals surface area contributed by atoms with E-state index in [2.05, 4.69) is 328 Å². The topological polar surface area (TPSA) is 144 Å². The molecule has 0 atom stereocenters. The van der Waals surface area contributed by atoms with Crippen LogP contribution in [0.2, 0.25) is 0 Å². The van der Waals surface area contributed by atoms with Crippen molar-refractivity contribution in [3.8, 4) is 204 Å². The van der Waals surface area contributed by atoms with Gasteiger partial charge in [-0.1, -0.05) is 359 Å². The zero-order valence-electron chi connectivity index (χ0n) is 76.8. The van der Waals surface area contributed by atoms with Crippen molar-refractivity contribution in [3.63, 3.8) is 0 Å². The molecule has 15 heteroatoms. The maximum Gasteiger partial charge on any atom is 0.164 e. The first kappa shape index (κ1) is 85.7. The first-order valence-electron chi connectivity index (χ1n) is 47.8. The molecule has 27 aromatic rings. The summed E-state index contributed by atoms with van der Waals surface area (Å²) >= 11 is 5.40. The van der Waals surface area contributed by atoms with Gasteiger partial charge in [-0.2, -0.15) is 0 Å². The van der Waals surface area contributed by atoms with Crippen LogP contribution in [0.3, 0.4) is 0 Å². The summed E-state index contributed by atoms with van der Waals surface area (Å²) in [5.41, 5.74) is 22.2. The molecular formula is C130H79N9O3S3. The Kier molecular flexibility index (Phi) is 21.1. The molecule has 0 spiro atoms. The molecule has 0 bridgehead atoms. The summed E-state index contributed by atoms with van der Waals surface area (Å²) in [4.78, 5) is 45.1. The standard InChI is InChI=1S/3C43H25N3OS.CH4/c1-2-9-28(10-3-1)41-44-42(46-43(45-41)33-15-8-18-38-40(33)32-13-4-5-17-37(32)48-38)29-21-19-26(20-22-29)30-23-24-35-34(25-30)31-14-6-11-27-12-7-16-36(47-35)39(27)31;1-2-8-28(9-3-1)41-44-42(46-43(45-41)31-20-22-33-32-12-4-5-15-38(32)48-39(33)25-31)29-18-16-26(17-19-29)30-21-23-36-35(24-30)34-13-6-10-27-11-7-14-37(47-36)40(27)34;1-2-8-28(9-3-1)41-44-42(46-43(45-41)31-21-23-39-35(25-31)32-12-4-5-15-38(32)48-39)29-18-16-26(17-19-29)30-20-22-36-34(24-30)33-13-6-10-27-11-7-14-37(47-36)40(27)33;/h3*1-25H;1H4. The van der Waals surface area contributed by atoms with Gasteiger partial charge in [0, 0.05) is 143 Å². The molecule has 12 nitrogen and oxygen atoms in total. The average Bonchev–Trinajstić information content (AvgIpc) is 1.75. The van der Waals surface area contributed by atoms with Gasteiger partial charge in [0.25, 0.3) is 0 Å². The number of fused-ring (bicyclic) bond motifs is 15. The third kappa shape index (κ3) is 15.5. The number of ether oxygens (including phenoxy) is 3. The summed E-state index contributed by atoms with van der Waals surface area (Å²) in [5, 5.41) is 14.4. The minimum absolute atomic E-state index is 0. The zero-order chi connectivity index (χ0) is 94.8. The molecule has 9 heterocycles. The molecule has 145 heavy (non-hydrogen) atoms. The zero-order valence-corrected chi connectivity index (χ0v) is 79.2. The Balaban J connectivity index is 0.000000108. The van der Waals surface area contributed by atoms with Gasteiger partial charge in [-0.25, -0.2) is 44.9 Å². The Labute approximate surface area is 845 Å². The van der Waals surface area contributed by atoms with Gasteiger partial charge in [-0.3, -0.25) is 0 Å². The van der Waals surface area contributed by atoms with E-state index in [1.54, 1.807) is 22.7 Å². The molecule has 6 aromatic heterocycles. The van der Waals surface area contributed by atoms with Crippen molar-refractivity contribution in [1.29, 1.82) is 0 Å². The normalized spacial score (nSPS) is 11.8. The van der Waals surface area contributed by atoms with Crippen molar-refractivity contribution >= 4 is 127 Å². The Hall–Kier alpha value is -18.5. The predicted octanol–water partition coefficient (Wildman–Crippen LogP) is 36.1. The second kappa shape index (κ2) is 35.7. The molecule has 0 aliphatic carbocycles. The van der Waals surface area contributed by atoms with E-state index in [1.165, 1.54) is 93.4 Å². The lowest BCUT2D eigenvalue weighted by molar-refractivity contribution is 0.487. The smallest absolute Gasteiger partial charge is 0.164 e. The molecule has 0 saturated heterocycles. The Morgan fingerprint density at radius 1 is 0.138 bits per heavy atom. The van der Waals surface area contributed by atoms with E-state index in [0.29, 0.717) is 52.4 Å². The molecule has 3 aliphatic rings. The predicted molar refractivity (Wildman–Crippen MR) is 599 cm³/mol. The van der Waals surface area contributed by atoms with Crippen LogP contribution < -0.4 is 14.2 Å². The summed E-state index contributed by atoms with van der Waals surface area (Å²) in [6, 6.07) is 158. The van der Waals surface area contributed by atoms with Crippen LogP contribution >= 0.6 is 34.0 Å². The summed E-state index contributed by atoms with van der Waals surface area (Å²) < 4.78 is 26.5. The van der Waals surface area contributed by atoms with Gasteiger partial charge in [0.15, 0.2) is 52.4 Å².